The molecule has 3 rings (SSSR count). The van der Waals surface area contributed by atoms with E-state index >= 15 is 0 Å². The predicted octanol–water partition coefficient (Wildman–Crippen LogP) is 2.76. The van der Waals surface area contributed by atoms with Crippen LogP contribution in [0.5, 0.6) is 0 Å². The standard InChI is InChI=1S/C18H22F2N6O/c1-11-12(9-27)3-2-6-26(11)17-7-14(23-10-24-17)15-8-22-16(25-15)5-4-13(21)18(19)20/h4-5,7-8,10-12,18,21,27H,2-3,6,9H2,1H3,(H,22,25)/b5-4-,21-13?. The molecule has 2 atom stereocenters. The Hall–Kier alpha value is -2.68. The SMILES string of the molecule is CC1C(CO)CCCN1c1cc(-c2cnc(/C=C\C(=N)C(F)F)[nH]2)ncn1. The zero-order valence-corrected chi connectivity index (χ0v) is 14.9. The largest absolute Gasteiger partial charge is 0.396 e. The van der Waals surface area contributed by atoms with Crippen molar-refractivity contribution in [3.63, 3.8) is 0 Å². The Labute approximate surface area is 155 Å². The number of halogens is 2. The summed E-state index contributed by atoms with van der Waals surface area (Å²) >= 11 is 0. The van der Waals surface area contributed by atoms with Crippen molar-refractivity contribution in [2.45, 2.75) is 32.2 Å². The van der Waals surface area contributed by atoms with Crippen molar-refractivity contribution < 1.29 is 13.9 Å². The first-order valence-electron chi connectivity index (χ1n) is 8.79. The highest BCUT2D eigenvalue weighted by atomic mass is 19.3. The lowest BCUT2D eigenvalue weighted by atomic mass is 9.91. The maximum atomic E-state index is 12.4. The molecule has 1 saturated heterocycles. The quantitative estimate of drug-likeness (QED) is 0.673. The first-order valence-corrected chi connectivity index (χ1v) is 8.79. The summed E-state index contributed by atoms with van der Waals surface area (Å²) in [5, 5.41) is 16.7. The molecule has 0 amide bonds. The van der Waals surface area contributed by atoms with E-state index in [0.717, 1.165) is 31.3 Å². The molecular weight excluding hydrogens is 354 g/mol. The number of nitrogens with one attached hydrogen (secondary N) is 2. The van der Waals surface area contributed by atoms with Crippen molar-refractivity contribution in [1.82, 2.24) is 19.9 Å². The number of aliphatic hydroxyl groups is 1. The lowest BCUT2D eigenvalue weighted by Crippen LogP contribution is -2.45. The number of allylic oxidation sites excluding steroid dienone is 1. The highest BCUT2D eigenvalue weighted by Gasteiger charge is 2.28. The average Bonchev–Trinajstić information content (AvgIpc) is 3.15. The summed E-state index contributed by atoms with van der Waals surface area (Å²) in [7, 11) is 0. The Morgan fingerprint density at radius 1 is 1.44 bits per heavy atom. The number of anilines is 1. The monoisotopic (exact) mass is 376 g/mol. The van der Waals surface area contributed by atoms with E-state index in [2.05, 4.69) is 31.8 Å². The molecule has 0 saturated carbocycles. The van der Waals surface area contributed by atoms with Gasteiger partial charge in [-0.15, -0.1) is 0 Å². The smallest absolute Gasteiger partial charge is 0.279 e. The lowest BCUT2D eigenvalue weighted by molar-refractivity contribution is 0.181. The molecule has 9 heteroatoms. The number of rotatable bonds is 6. The van der Waals surface area contributed by atoms with Gasteiger partial charge in [0.25, 0.3) is 6.43 Å². The molecule has 27 heavy (non-hydrogen) atoms. The third-order valence-corrected chi connectivity index (χ3v) is 4.86. The molecule has 0 aliphatic carbocycles. The molecule has 0 spiro atoms. The summed E-state index contributed by atoms with van der Waals surface area (Å²) in [4.78, 5) is 17.9. The molecule has 3 heterocycles. The van der Waals surface area contributed by atoms with Gasteiger partial charge >= 0.3 is 0 Å². The van der Waals surface area contributed by atoms with E-state index in [1.807, 2.05) is 6.07 Å². The van der Waals surface area contributed by atoms with Crippen molar-refractivity contribution in [1.29, 1.82) is 5.41 Å². The number of hydrogen-bond acceptors (Lipinski definition) is 6. The highest BCUT2D eigenvalue weighted by Crippen LogP contribution is 2.28. The van der Waals surface area contributed by atoms with Gasteiger partial charge in [0.1, 0.15) is 18.0 Å². The number of imidazole rings is 1. The minimum atomic E-state index is -2.81. The van der Waals surface area contributed by atoms with Gasteiger partial charge in [-0.05, 0) is 31.9 Å². The van der Waals surface area contributed by atoms with Crippen molar-refractivity contribution in [3.05, 3.63) is 30.5 Å². The second kappa shape index (κ2) is 8.34. The fourth-order valence-electron chi connectivity index (χ4n) is 3.23. The Bertz CT molecular complexity index is 822. The first kappa shape index (κ1) is 19.1. The summed E-state index contributed by atoms with van der Waals surface area (Å²) in [5.74, 6) is 1.35. The third kappa shape index (κ3) is 4.36. The van der Waals surface area contributed by atoms with Crippen LogP contribution in [0.15, 0.2) is 24.7 Å². The molecular formula is C18H22F2N6O. The summed E-state index contributed by atoms with van der Waals surface area (Å²) < 4.78 is 24.7. The van der Waals surface area contributed by atoms with Crippen LogP contribution in [0.3, 0.4) is 0 Å². The zero-order chi connectivity index (χ0) is 19.4. The summed E-state index contributed by atoms with van der Waals surface area (Å²) in [6, 6.07) is 2.02. The van der Waals surface area contributed by atoms with Crippen LogP contribution < -0.4 is 4.90 Å². The van der Waals surface area contributed by atoms with Crippen molar-refractivity contribution >= 4 is 17.6 Å². The topological polar surface area (TPSA) is 102 Å². The van der Waals surface area contributed by atoms with Crippen LogP contribution in [0.2, 0.25) is 0 Å². The van der Waals surface area contributed by atoms with Crippen LogP contribution in [0.25, 0.3) is 17.5 Å². The van der Waals surface area contributed by atoms with E-state index in [4.69, 9.17) is 5.41 Å². The molecule has 144 valence electrons. The molecule has 2 unspecified atom stereocenters. The van der Waals surface area contributed by atoms with Gasteiger partial charge in [-0.3, -0.25) is 5.41 Å². The average molecular weight is 376 g/mol. The number of aliphatic hydroxyl groups excluding tert-OH is 1. The molecule has 2 aromatic heterocycles. The Morgan fingerprint density at radius 2 is 2.26 bits per heavy atom. The van der Waals surface area contributed by atoms with Crippen LogP contribution in [0, 0.1) is 11.3 Å². The van der Waals surface area contributed by atoms with Crippen LogP contribution in [-0.4, -0.2) is 56.4 Å². The van der Waals surface area contributed by atoms with Crippen LogP contribution >= 0.6 is 0 Å². The molecule has 0 radical (unpaired) electrons. The number of hydrogen-bond donors (Lipinski definition) is 3. The Morgan fingerprint density at radius 3 is 3.00 bits per heavy atom. The first-order chi connectivity index (χ1) is 13.0. The number of piperidine rings is 1. The van der Waals surface area contributed by atoms with Crippen LogP contribution in [-0.2, 0) is 0 Å². The van der Waals surface area contributed by atoms with Gasteiger partial charge in [-0.1, -0.05) is 0 Å². The van der Waals surface area contributed by atoms with Gasteiger partial charge in [0, 0.05) is 31.2 Å². The molecule has 1 aliphatic rings. The van der Waals surface area contributed by atoms with E-state index in [1.165, 1.54) is 12.4 Å². The normalized spacial score (nSPS) is 20.6. The highest BCUT2D eigenvalue weighted by molar-refractivity contribution is 5.97. The van der Waals surface area contributed by atoms with Gasteiger partial charge in [-0.2, -0.15) is 0 Å². The van der Waals surface area contributed by atoms with Crippen LogP contribution in [0.1, 0.15) is 25.6 Å². The number of aromatic amines is 1. The number of nitrogens with zero attached hydrogens (tertiary/aromatic N) is 4. The second-order valence-corrected chi connectivity index (χ2v) is 6.55. The van der Waals surface area contributed by atoms with Gasteiger partial charge < -0.3 is 15.0 Å². The van der Waals surface area contributed by atoms with Crippen molar-refractivity contribution in [2.75, 3.05) is 18.1 Å². The van der Waals surface area contributed by atoms with Crippen molar-refractivity contribution in [2.24, 2.45) is 5.92 Å². The summed E-state index contributed by atoms with van der Waals surface area (Å²) in [6.07, 6.45) is 4.56. The molecule has 0 bridgehead atoms. The van der Waals surface area contributed by atoms with E-state index in [0.29, 0.717) is 17.2 Å². The second-order valence-electron chi connectivity index (χ2n) is 6.55. The number of aromatic nitrogens is 4. The number of H-pyrrole nitrogens is 1. The van der Waals surface area contributed by atoms with Gasteiger partial charge in [0.2, 0.25) is 0 Å². The van der Waals surface area contributed by atoms with Gasteiger partial charge in [0.05, 0.1) is 23.3 Å². The zero-order valence-electron chi connectivity index (χ0n) is 14.9. The molecule has 1 aliphatic heterocycles. The third-order valence-electron chi connectivity index (χ3n) is 4.86. The van der Waals surface area contributed by atoms with Crippen molar-refractivity contribution in [3.8, 4) is 11.4 Å². The maximum Gasteiger partial charge on any atom is 0.279 e. The van der Waals surface area contributed by atoms with E-state index in [-0.39, 0.29) is 18.6 Å². The Kier molecular flexibility index (Phi) is 5.90. The molecule has 7 nitrogen and oxygen atoms in total. The minimum Gasteiger partial charge on any atom is -0.396 e. The maximum absolute atomic E-state index is 12.4. The van der Waals surface area contributed by atoms with Gasteiger partial charge in [0.15, 0.2) is 0 Å². The predicted molar refractivity (Wildman–Crippen MR) is 99.0 cm³/mol. The summed E-state index contributed by atoms with van der Waals surface area (Å²) in [6.45, 7) is 3.10. The fourth-order valence-corrected chi connectivity index (χ4v) is 3.23. The lowest BCUT2D eigenvalue weighted by Gasteiger charge is -2.39. The van der Waals surface area contributed by atoms with Crippen LogP contribution in [0.4, 0.5) is 14.6 Å². The molecule has 2 aromatic rings. The van der Waals surface area contributed by atoms with E-state index < -0.39 is 12.1 Å². The minimum absolute atomic E-state index is 0.152. The summed E-state index contributed by atoms with van der Waals surface area (Å²) in [5.41, 5.74) is 0.495. The molecule has 0 aromatic carbocycles. The number of alkyl halides is 2. The van der Waals surface area contributed by atoms with Gasteiger partial charge in [-0.25, -0.2) is 23.7 Å². The van der Waals surface area contributed by atoms with E-state index in [1.54, 1.807) is 6.20 Å². The molecule has 1 fully saturated rings. The Balaban J connectivity index is 1.79. The molecule has 3 N–H and O–H groups in total. The van der Waals surface area contributed by atoms with E-state index in [9.17, 15) is 13.9 Å². The fraction of sp³-hybridized carbons (Fsp3) is 0.444.